The number of Topliss-reactive ketones (excluding diaryl/α,β-unsaturated/α-hetero) is 1. The van der Waals surface area contributed by atoms with Crippen LogP contribution >= 0.6 is 11.6 Å². The maximum Gasteiger partial charge on any atom is 0.244 e. The highest BCUT2D eigenvalue weighted by molar-refractivity contribution is 7.89. The molecular formula is C12H14ClNO4S. The van der Waals surface area contributed by atoms with Gasteiger partial charge in [-0.1, -0.05) is 0 Å². The van der Waals surface area contributed by atoms with E-state index in [9.17, 15) is 13.2 Å². The van der Waals surface area contributed by atoms with Crippen molar-refractivity contribution in [2.75, 3.05) is 26.1 Å². The van der Waals surface area contributed by atoms with Gasteiger partial charge in [0, 0.05) is 24.1 Å². The molecule has 0 aliphatic carbocycles. The van der Waals surface area contributed by atoms with Crippen molar-refractivity contribution in [1.29, 1.82) is 0 Å². The number of ether oxygens (including phenoxy) is 1. The van der Waals surface area contributed by atoms with Crippen molar-refractivity contribution in [3.63, 3.8) is 0 Å². The summed E-state index contributed by atoms with van der Waals surface area (Å²) in [4.78, 5) is 12.0. The zero-order chi connectivity index (χ0) is 14.0. The van der Waals surface area contributed by atoms with Gasteiger partial charge in [-0.15, -0.1) is 11.6 Å². The van der Waals surface area contributed by atoms with Crippen molar-refractivity contribution in [1.82, 2.24) is 4.31 Å². The molecule has 0 unspecified atom stereocenters. The van der Waals surface area contributed by atoms with E-state index >= 15 is 0 Å². The number of fused-ring (bicyclic) bond motifs is 1. The summed E-state index contributed by atoms with van der Waals surface area (Å²) in [5.74, 6) is 0.557. The number of rotatable bonds is 4. The summed E-state index contributed by atoms with van der Waals surface area (Å²) in [5, 5.41) is 0. The van der Waals surface area contributed by atoms with Gasteiger partial charge >= 0.3 is 0 Å². The molecule has 0 saturated heterocycles. The number of methoxy groups -OCH3 is 1. The topological polar surface area (TPSA) is 63.7 Å². The van der Waals surface area contributed by atoms with E-state index in [4.69, 9.17) is 16.3 Å². The molecule has 0 aromatic heterocycles. The minimum Gasteiger partial charge on any atom is -0.497 e. The van der Waals surface area contributed by atoms with Crippen LogP contribution in [-0.2, 0) is 10.0 Å². The molecule has 7 heteroatoms. The molecule has 0 saturated carbocycles. The quantitative estimate of drug-likeness (QED) is 0.791. The zero-order valence-corrected chi connectivity index (χ0v) is 12.0. The molecule has 0 amide bonds. The molecule has 0 fully saturated rings. The highest BCUT2D eigenvalue weighted by atomic mass is 35.5. The van der Waals surface area contributed by atoms with Gasteiger partial charge in [0.25, 0.3) is 0 Å². The monoisotopic (exact) mass is 303 g/mol. The standard InChI is InChI=1S/C12H14ClNO4S/c1-18-9-3-4-10-11(15)8-14(6-2-5-13)19(16,17)12(10)7-9/h3-4,7H,2,5-6,8H2,1H3. The molecule has 0 spiro atoms. The van der Waals surface area contributed by atoms with Crippen LogP contribution in [0.15, 0.2) is 23.1 Å². The van der Waals surface area contributed by atoms with E-state index in [1.165, 1.54) is 23.5 Å². The molecule has 19 heavy (non-hydrogen) atoms. The number of sulfonamides is 1. The molecule has 104 valence electrons. The fourth-order valence-electron chi connectivity index (χ4n) is 1.98. The van der Waals surface area contributed by atoms with Crippen molar-refractivity contribution >= 4 is 27.4 Å². The lowest BCUT2D eigenvalue weighted by Gasteiger charge is -2.27. The fraction of sp³-hybridized carbons (Fsp3) is 0.417. The first kappa shape index (κ1) is 14.3. The summed E-state index contributed by atoms with van der Waals surface area (Å²) in [6.07, 6.45) is 0.507. The van der Waals surface area contributed by atoms with E-state index in [2.05, 4.69) is 0 Å². The van der Waals surface area contributed by atoms with Gasteiger partial charge in [0.2, 0.25) is 10.0 Å². The number of ketones is 1. The molecule has 0 radical (unpaired) electrons. The maximum absolute atomic E-state index is 12.4. The Morgan fingerprint density at radius 1 is 1.42 bits per heavy atom. The van der Waals surface area contributed by atoms with Gasteiger partial charge in [-0.3, -0.25) is 4.79 Å². The first-order valence-electron chi connectivity index (χ1n) is 5.78. The predicted molar refractivity (Wildman–Crippen MR) is 71.4 cm³/mol. The maximum atomic E-state index is 12.4. The Morgan fingerprint density at radius 3 is 2.79 bits per heavy atom. The molecule has 0 atom stereocenters. The Kier molecular flexibility index (Phi) is 4.13. The summed E-state index contributed by atoms with van der Waals surface area (Å²) in [6, 6.07) is 4.46. The van der Waals surface area contributed by atoms with Crippen molar-refractivity contribution in [3.8, 4) is 5.75 Å². The molecule has 1 aromatic rings. The molecular weight excluding hydrogens is 290 g/mol. The van der Waals surface area contributed by atoms with Gasteiger partial charge in [-0.2, -0.15) is 4.31 Å². The van der Waals surface area contributed by atoms with Crippen molar-refractivity contribution < 1.29 is 17.9 Å². The van der Waals surface area contributed by atoms with Crippen LogP contribution in [0.3, 0.4) is 0 Å². The Hall–Kier alpha value is -1.11. The number of hydrogen-bond acceptors (Lipinski definition) is 4. The second-order valence-electron chi connectivity index (χ2n) is 4.17. The number of benzene rings is 1. The van der Waals surface area contributed by atoms with E-state index in [1.807, 2.05) is 0 Å². The third-order valence-electron chi connectivity index (χ3n) is 2.97. The predicted octanol–water partition coefficient (Wildman–Crippen LogP) is 1.51. The summed E-state index contributed by atoms with van der Waals surface area (Å²) in [7, 11) is -2.20. The number of carbonyl (C=O) groups is 1. The normalized spacial score (nSPS) is 18.1. The lowest BCUT2D eigenvalue weighted by molar-refractivity contribution is 0.0956. The molecule has 1 aliphatic heterocycles. The minimum atomic E-state index is -3.65. The number of alkyl halides is 1. The van der Waals surface area contributed by atoms with Crippen LogP contribution < -0.4 is 4.74 Å². The second-order valence-corrected chi connectivity index (χ2v) is 6.45. The van der Waals surface area contributed by atoms with E-state index in [0.29, 0.717) is 18.1 Å². The van der Waals surface area contributed by atoms with Gasteiger partial charge in [-0.25, -0.2) is 8.42 Å². The van der Waals surface area contributed by atoms with Crippen LogP contribution in [0.4, 0.5) is 0 Å². The van der Waals surface area contributed by atoms with Gasteiger partial charge in [0.15, 0.2) is 5.78 Å². The van der Waals surface area contributed by atoms with Crippen LogP contribution in [0.5, 0.6) is 5.75 Å². The second kappa shape index (κ2) is 5.48. The van der Waals surface area contributed by atoms with Crippen molar-refractivity contribution in [2.45, 2.75) is 11.3 Å². The smallest absolute Gasteiger partial charge is 0.244 e. The van der Waals surface area contributed by atoms with E-state index < -0.39 is 10.0 Å². The van der Waals surface area contributed by atoms with Gasteiger partial charge in [-0.05, 0) is 18.6 Å². The lowest BCUT2D eigenvalue weighted by Crippen LogP contribution is -2.41. The fourth-order valence-corrected chi connectivity index (χ4v) is 3.76. The third kappa shape index (κ3) is 2.61. The van der Waals surface area contributed by atoms with Crippen LogP contribution in [0.25, 0.3) is 0 Å². The molecule has 2 rings (SSSR count). The lowest BCUT2D eigenvalue weighted by atomic mass is 10.1. The van der Waals surface area contributed by atoms with E-state index in [0.717, 1.165) is 0 Å². The van der Waals surface area contributed by atoms with Crippen LogP contribution in [-0.4, -0.2) is 44.6 Å². The first-order valence-corrected chi connectivity index (χ1v) is 7.75. The highest BCUT2D eigenvalue weighted by Gasteiger charge is 2.35. The number of carbonyl (C=O) groups excluding carboxylic acids is 1. The summed E-state index contributed by atoms with van der Waals surface area (Å²) < 4.78 is 31.0. The Balaban J connectivity index is 2.48. The first-order chi connectivity index (χ1) is 9.00. The van der Waals surface area contributed by atoms with Crippen LogP contribution in [0.2, 0.25) is 0 Å². The van der Waals surface area contributed by atoms with E-state index in [-0.39, 0.29) is 29.3 Å². The Morgan fingerprint density at radius 2 is 2.16 bits per heavy atom. The highest BCUT2D eigenvalue weighted by Crippen LogP contribution is 2.29. The third-order valence-corrected chi connectivity index (χ3v) is 5.12. The summed E-state index contributed by atoms with van der Waals surface area (Å²) >= 11 is 5.57. The molecule has 5 nitrogen and oxygen atoms in total. The number of nitrogens with zero attached hydrogens (tertiary/aromatic N) is 1. The largest absolute Gasteiger partial charge is 0.497 e. The molecule has 1 heterocycles. The summed E-state index contributed by atoms with van der Waals surface area (Å²) in [5.41, 5.74) is 0.225. The molecule has 0 bridgehead atoms. The van der Waals surface area contributed by atoms with Crippen LogP contribution in [0, 0.1) is 0 Å². The SMILES string of the molecule is COc1ccc2c(c1)S(=O)(=O)N(CCCCl)CC2=O. The van der Waals surface area contributed by atoms with Crippen LogP contribution in [0.1, 0.15) is 16.8 Å². The average Bonchev–Trinajstić information content (AvgIpc) is 2.41. The van der Waals surface area contributed by atoms with Crippen molar-refractivity contribution in [2.24, 2.45) is 0 Å². The average molecular weight is 304 g/mol. The number of hydrogen-bond donors (Lipinski definition) is 0. The van der Waals surface area contributed by atoms with Gasteiger partial charge < -0.3 is 4.74 Å². The van der Waals surface area contributed by atoms with Gasteiger partial charge in [0.05, 0.1) is 18.6 Å². The van der Waals surface area contributed by atoms with Gasteiger partial charge in [0.1, 0.15) is 5.75 Å². The minimum absolute atomic E-state index is 0.0117. The Bertz CT molecular complexity index is 600. The number of halogens is 1. The molecule has 1 aromatic carbocycles. The summed E-state index contributed by atoms with van der Waals surface area (Å²) in [6.45, 7) is 0.118. The Labute approximate surface area is 117 Å². The molecule has 0 N–H and O–H groups in total. The van der Waals surface area contributed by atoms with E-state index in [1.54, 1.807) is 6.07 Å². The van der Waals surface area contributed by atoms with Crippen molar-refractivity contribution in [3.05, 3.63) is 23.8 Å². The molecule has 1 aliphatic rings. The zero-order valence-electron chi connectivity index (χ0n) is 10.4.